The summed E-state index contributed by atoms with van der Waals surface area (Å²) < 4.78 is 0. The van der Waals surface area contributed by atoms with Crippen LogP contribution in [0.2, 0.25) is 0 Å². The average Bonchev–Trinajstić information content (AvgIpc) is 2.99. The molecular weight excluding hydrogens is 200 g/mol. The Bertz CT molecular complexity index is 224. The van der Waals surface area contributed by atoms with Crippen molar-refractivity contribution in [2.75, 3.05) is 0 Å². The second-order valence-corrected chi connectivity index (χ2v) is 5.53. The lowest BCUT2D eigenvalue weighted by atomic mass is 10.0. The van der Waals surface area contributed by atoms with Gasteiger partial charge in [0.15, 0.2) is 0 Å². The normalized spacial score (nSPS) is 19.6. The summed E-state index contributed by atoms with van der Waals surface area (Å²) in [6, 6.07) is -0.00790. The lowest BCUT2D eigenvalue weighted by Gasteiger charge is -2.20. The van der Waals surface area contributed by atoms with Gasteiger partial charge >= 0.3 is 0 Å². The van der Waals surface area contributed by atoms with Crippen molar-refractivity contribution in [2.24, 2.45) is 17.6 Å². The molecule has 3 N–H and O–H groups in total. The van der Waals surface area contributed by atoms with E-state index in [-0.39, 0.29) is 11.9 Å². The Hall–Kier alpha value is -0.570. The van der Waals surface area contributed by atoms with Crippen molar-refractivity contribution in [3.8, 4) is 0 Å². The van der Waals surface area contributed by atoms with Crippen molar-refractivity contribution in [3.05, 3.63) is 0 Å². The molecule has 0 saturated heterocycles. The van der Waals surface area contributed by atoms with E-state index in [2.05, 4.69) is 26.1 Å². The second kappa shape index (κ2) is 6.24. The van der Waals surface area contributed by atoms with Crippen LogP contribution in [0.25, 0.3) is 0 Å². The molecule has 94 valence electrons. The summed E-state index contributed by atoms with van der Waals surface area (Å²) in [6.45, 7) is 6.31. The third-order valence-corrected chi connectivity index (χ3v) is 3.22. The molecule has 1 amide bonds. The van der Waals surface area contributed by atoms with Gasteiger partial charge in [0.2, 0.25) is 5.91 Å². The van der Waals surface area contributed by atoms with Crippen LogP contribution in [0.4, 0.5) is 0 Å². The van der Waals surface area contributed by atoms with Crippen LogP contribution in [0.1, 0.15) is 52.9 Å². The van der Waals surface area contributed by atoms with Gasteiger partial charge in [0.25, 0.3) is 0 Å². The Morgan fingerprint density at radius 1 is 1.44 bits per heavy atom. The van der Waals surface area contributed by atoms with Gasteiger partial charge in [0.1, 0.15) is 0 Å². The number of hydrogen-bond acceptors (Lipinski definition) is 2. The number of nitrogens with one attached hydrogen (secondary N) is 1. The number of amides is 1. The molecule has 0 aliphatic heterocycles. The smallest absolute Gasteiger partial charge is 0.237 e. The SMILES string of the molecule is CCC(CC1CC1)NC(=O)C(N)CC(C)C. The lowest BCUT2D eigenvalue weighted by Crippen LogP contribution is -2.45. The van der Waals surface area contributed by atoms with Gasteiger partial charge in [-0.2, -0.15) is 0 Å². The molecule has 16 heavy (non-hydrogen) atoms. The van der Waals surface area contributed by atoms with E-state index in [1.807, 2.05) is 0 Å². The summed E-state index contributed by atoms with van der Waals surface area (Å²) in [5, 5.41) is 3.08. The van der Waals surface area contributed by atoms with Crippen LogP contribution in [-0.4, -0.2) is 18.0 Å². The van der Waals surface area contributed by atoms with Crippen LogP contribution in [-0.2, 0) is 4.79 Å². The number of carbonyl (C=O) groups excluding carboxylic acids is 1. The second-order valence-electron chi connectivity index (χ2n) is 5.53. The fraction of sp³-hybridized carbons (Fsp3) is 0.923. The van der Waals surface area contributed by atoms with Gasteiger partial charge in [-0.25, -0.2) is 0 Å². The summed E-state index contributed by atoms with van der Waals surface area (Å²) in [4.78, 5) is 11.8. The molecule has 1 saturated carbocycles. The summed E-state index contributed by atoms with van der Waals surface area (Å²) in [6.07, 6.45) is 5.59. The summed E-state index contributed by atoms with van der Waals surface area (Å²) in [5.41, 5.74) is 5.86. The molecule has 1 aliphatic rings. The third-order valence-electron chi connectivity index (χ3n) is 3.22. The van der Waals surface area contributed by atoms with Crippen LogP contribution in [0.15, 0.2) is 0 Å². The number of hydrogen-bond donors (Lipinski definition) is 2. The maximum atomic E-state index is 11.8. The molecule has 2 unspecified atom stereocenters. The molecule has 2 atom stereocenters. The van der Waals surface area contributed by atoms with Crippen molar-refractivity contribution in [1.29, 1.82) is 0 Å². The minimum absolute atomic E-state index is 0.0289. The molecule has 3 nitrogen and oxygen atoms in total. The Labute approximate surface area is 99.2 Å². The first-order chi connectivity index (χ1) is 7.52. The molecule has 3 heteroatoms. The Kier molecular flexibility index (Phi) is 5.26. The van der Waals surface area contributed by atoms with Gasteiger partial charge < -0.3 is 11.1 Å². The van der Waals surface area contributed by atoms with E-state index < -0.39 is 0 Å². The van der Waals surface area contributed by atoms with E-state index in [4.69, 9.17) is 5.73 Å². The summed E-state index contributed by atoms with van der Waals surface area (Å²) in [5.74, 6) is 1.36. The first-order valence-corrected chi connectivity index (χ1v) is 6.58. The Morgan fingerprint density at radius 2 is 2.06 bits per heavy atom. The molecule has 1 aliphatic carbocycles. The van der Waals surface area contributed by atoms with Crippen molar-refractivity contribution < 1.29 is 4.79 Å². The molecule has 0 aromatic carbocycles. The van der Waals surface area contributed by atoms with Gasteiger partial charge in [-0.15, -0.1) is 0 Å². The van der Waals surface area contributed by atoms with E-state index in [0.29, 0.717) is 12.0 Å². The molecule has 0 heterocycles. The summed E-state index contributed by atoms with van der Waals surface area (Å²) >= 11 is 0. The topological polar surface area (TPSA) is 55.1 Å². The standard InChI is InChI=1S/C13H26N2O/c1-4-11(8-10-5-6-10)15-13(16)12(14)7-9(2)3/h9-12H,4-8,14H2,1-3H3,(H,15,16). The molecule has 0 bridgehead atoms. The van der Waals surface area contributed by atoms with Crippen LogP contribution in [0, 0.1) is 11.8 Å². The van der Waals surface area contributed by atoms with E-state index in [0.717, 1.165) is 25.2 Å². The predicted molar refractivity (Wildman–Crippen MR) is 67.0 cm³/mol. The van der Waals surface area contributed by atoms with E-state index in [9.17, 15) is 4.79 Å². The molecular formula is C13H26N2O. The third kappa shape index (κ3) is 4.97. The first-order valence-electron chi connectivity index (χ1n) is 6.58. The largest absolute Gasteiger partial charge is 0.352 e. The maximum absolute atomic E-state index is 11.8. The quantitative estimate of drug-likeness (QED) is 0.698. The number of rotatable bonds is 7. The Morgan fingerprint density at radius 3 is 2.50 bits per heavy atom. The van der Waals surface area contributed by atoms with Gasteiger partial charge in [-0.05, 0) is 31.1 Å². The van der Waals surface area contributed by atoms with E-state index >= 15 is 0 Å². The molecule has 0 aromatic rings. The van der Waals surface area contributed by atoms with Gasteiger partial charge in [0, 0.05) is 6.04 Å². The number of nitrogens with two attached hydrogens (primary N) is 1. The van der Waals surface area contributed by atoms with Gasteiger partial charge in [-0.1, -0.05) is 33.6 Å². The van der Waals surface area contributed by atoms with Crippen LogP contribution >= 0.6 is 0 Å². The minimum atomic E-state index is -0.340. The fourth-order valence-electron chi connectivity index (χ4n) is 2.01. The van der Waals surface area contributed by atoms with Crippen molar-refractivity contribution in [1.82, 2.24) is 5.32 Å². The zero-order valence-corrected chi connectivity index (χ0v) is 10.8. The monoisotopic (exact) mass is 226 g/mol. The fourth-order valence-corrected chi connectivity index (χ4v) is 2.01. The van der Waals surface area contributed by atoms with E-state index in [1.165, 1.54) is 12.8 Å². The first kappa shape index (κ1) is 13.5. The zero-order valence-electron chi connectivity index (χ0n) is 10.8. The molecule has 1 rings (SSSR count). The van der Waals surface area contributed by atoms with Crippen LogP contribution < -0.4 is 11.1 Å². The van der Waals surface area contributed by atoms with E-state index in [1.54, 1.807) is 0 Å². The molecule has 0 aromatic heterocycles. The molecule has 1 fully saturated rings. The lowest BCUT2D eigenvalue weighted by molar-refractivity contribution is -0.123. The highest BCUT2D eigenvalue weighted by atomic mass is 16.2. The molecule has 0 spiro atoms. The average molecular weight is 226 g/mol. The number of carbonyl (C=O) groups is 1. The van der Waals surface area contributed by atoms with Gasteiger partial charge in [0.05, 0.1) is 6.04 Å². The van der Waals surface area contributed by atoms with Crippen molar-refractivity contribution >= 4 is 5.91 Å². The highest BCUT2D eigenvalue weighted by Gasteiger charge is 2.26. The Balaban J connectivity index is 2.28. The predicted octanol–water partition coefficient (Wildman–Crippen LogP) is 2.05. The van der Waals surface area contributed by atoms with Crippen molar-refractivity contribution in [2.45, 2.75) is 65.0 Å². The van der Waals surface area contributed by atoms with Crippen LogP contribution in [0.3, 0.4) is 0 Å². The van der Waals surface area contributed by atoms with Crippen LogP contribution in [0.5, 0.6) is 0 Å². The van der Waals surface area contributed by atoms with Gasteiger partial charge in [-0.3, -0.25) is 4.79 Å². The molecule has 0 radical (unpaired) electrons. The maximum Gasteiger partial charge on any atom is 0.237 e. The summed E-state index contributed by atoms with van der Waals surface area (Å²) in [7, 11) is 0. The highest BCUT2D eigenvalue weighted by molar-refractivity contribution is 5.81. The highest BCUT2D eigenvalue weighted by Crippen LogP contribution is 2.34. The minimum Gasteiger partial charge on any atom is -0.352 e. The zero-order chi connectivity index (χ0) is 12.1. The van der Waals surface area contributed by atoms with Crippen molar-refractivity contribution in [3.63, 3.8) is 0 Å².